The number of aliphatic hydroxyl groups is 2. The molecular weight excluding hydrogens is 524 g/mol. The highest BCUT2D eigenvalue weighted by atomic mass is 16.7. The number of benzene rings is 2. The van der Waals surface area contributed by atoms with Gasteiger partial charge in [-0.25, -0.2) is 0 Å². The Morgan fingerprint density at radius 1 is 1.17 bits per heavy atom. The SMILES string of the molecule is COc1c(CN2O[C@@H](CO)[C@@H]([C@H](C)O)[C@H]2C(=O)N[C@H]2C[C@H]3C[C@H]([C@@H]2C)C3(C)C)cccc1-c1cccc2c1OCO2. The lowest BCUT2D eigenvalue weighted by atomic mass is 9.45. The van der Waals surface area contributed by atoms with Crippen LogP contribution in [-0.2, 0) is 16.2 Å². The largest absolute Gasteiger partial charge is 0.496 e. The lowest BCUT2D eigenvalue weighted by Gasteiger charge is -2.62. The van der Waals surface area contributed by atoms with Crippen LogP contribution in [0.15, 0.2) is 36.4 Å². The van der Waals surface area contributed by atoms with Crippen molar-refractivity contribution in [2.24, 2.45) is 29.1 Å². The molecule has 2 bridgehead atoms. The van der Waals surface area contributed by atoms with Gasteiger partial charge in [0.25, 0.3) is 0 Å². The zero-order chi connectivity index (χ0) is 29.1. The summed E-state index contributed by atoms with van der Waals surface area (Å²) >= 11 is 0. The Morgan fingerprint density at radius 2 is 1.93 bits per heavy atom. The fourth-order valence-corrected chi connectivity index (χ4v) is 7.96. The summed E-state index contributed by atoms with van der Waals surface area (Å²) in [6, 6.07) is 10.9. The summed E-state index contributed by atoms with van der Waals surface area (Å²) in [5.74, 6) is 2.75. The molecule has 2 aliphatic heterocycles. The molecule has 3 N–H and O–H groups in total. The molecule has 1 amide bonds. The Labute approximate surface area is 241 Å². The fourth-order valence-electron chi connectivity index (χ4n) is 7.96. The number of hydrogen-bond acceptors (Lipinski definition) is 8. The quantitative estimate of drug-likeness (QED) is 0.443. The molecule has 2 heterocycles. The van der Waals surface area contributed by atoms with E-state index < -0.39 is 24.2 Å². The number of para-hydroxylation sites is 2. The summed E-state index contributed by atoms with van der Waals surface area (Å²) in [6.07, 6.45) is 0.607. The molecule has 7 rings (SSSR count). The number of hydrogen-bond donors (Lipinski definition) is 3. The molecule has 0 aromatic heterocycles. The van der Waals surface area contributed by atoms with Gasteiger partial charge in [0.15, 0.2) is 11.5 Å². The van der Waals surface area contributed by atoms with Crippen molar-refractivity contribution in [3.63, 3.8) is 0 Å². The van der Waals surface area contributed by atoms with E-state index in [1.807, 2.05) is 36.4 Å². The molecule has 9 nitrogen and oxygen atoms in total. The molecule has 0 spiro atoms. The molecule has 3 saturated carbocycles. The van der Waals surface area contributed by atoms with Crippen LogP contribution >= 0.6 is 0 Å². The number of amides is 1. The van der Waals surface area contributed by atoms with E-state index in [1.54, 1.807) is 19.1 Å². The molecule has 41 heavy (non-hydrogen) atoms. The van der Waals surface area contributed by atoms with E-state index in [4.69, 9.17) is 19.0 Å². The highest BCUT2D eigenvalue weighted by molar-refractivity contribution is 5.83. The van der Waals surface area contributed by atoms with Crippen LogP contribution in [-0.4, -0.2) is 66.0 Å². The molecular formula is C32H42N2O7. The number of ether oxygens (including phenoxy) is 3. The van der Waals surface area contributed by atoms with Crippen molar-refractivity contribution in [2.75, 3.05) is 20.5 Å². The van der Waals surface area contributed by atoms with E-state index in [0.29, 0.717) is 40.4 Å². The first-order chi connectivity index (χ1) is 19.6. The van der Waals surface area contributed by atoms with Gasteiger partial charge >= 0.3 is 0 Å². The second-order valence-corrected chi connectivity index (χ2v) is 12.8. The number of fused-ring (bicyclic) bond motifs is 3. The summed E-state index contributed by atoms with van der Waals surface area (Å²) in [4.78, 5) is 20.2. The minimum absolute atomic E-state index is 0.0733. The minimum Gasteiger partial charge on any atom is -0.496 e. The maximum absolute atomic E-state index is 14.0. The molecule has 0 radical (unpaired) electrons. The van der Waals surface area contributed by atoms with Gasteiger partial charge in [0.2, 0.25) is 12.7 Å². The first kappa shape index (κ1) is 28.3. The van der Waals surface area contributed by atoms with Gasteiger partial charge in [0, 0.05) is 28.7 Å². The average molecular weight is 567 g/mol. The van der Waals surface area contributed by atoms with Gasteiger partial charge in [-0.1, -0.05) is 51.1 Å². The van der Waals surface area contributed by atoms with Crippen molar-refractivity contribution in [2.45, 2.75) is 71.4 Å². The van der Waals surface area contributed by atoms with E-state index in [2.05, 4.69) is 26.1 Å². The summed E-state index contributed by atoms with van der Waals surface area (Å²) in [5.41, 5.74) is 2.79. The Balaban J connectivity index is 1.29. The van der Waals surface area contributed by atoms with E-state index in [9.17, 15) is 15.0 Å². The second-order valence-electron chi connectivity index (χ2n) is 12.8. The number of nitrogens with zero attached hydrogens (tertiary/aromatic N) is 1. The van der Waals surface area contributed by atoms with Crippen LogP contribution in [0, 0.1) is 29.1 Å². The van der Waals surface area contributed by atoms with Gasteiger partial charge < -0.3 is 29.7 Å². The lowest BCUT2D eigenvalue weighted by Crippen LogP contribution is -2.62. The Bertz CT molecular complexity index is 1300. The van der Waals surface area contributed by atoms with Crippen LogP contribution in [0.2, 0.25) is 0 Å². The topological polar surface area (TPSA) is 110 Å². The van der Waals surface area contributed by atoms with Gasteiger partial charge in [-0.2, -0.15) is 5.06 Å². The minimum atomic E-state index is -0.860. The normalized spacial score (nSPS) is 32.3. The number of rotatable bonds is 8. The highest BCUT2D eigenvalue weighted by Crippen LogP contribution is 2.61. The molecule has 1 saturated heterocycles. The third kappa shape index (κ3) is 4.67. The van der Waals surface area contributed by atoms with Gasteiger partial charge in [-0.3, -0.25) is 9.63 Å². The number of nitrogens with one attached hydrogen (secondary N) is 1. The van der Waals surface area contributed by atoms with Crippen LogP contribution in [0.4, 0.5) is 0 Å². The van der Waals surface area contributed by atoms with Crippen LogP contribution in [0.5, 0.6) is 17.2 Å². The lowest BCUT2D eigenvalue weighted by molar-refractivity contribution is -0.183. The van der Waals surface area contributed by atoms with Gasteiger partial charge in [0.05, 0.1) is 26.4 Å². The van der Waals surface area contributed by atoms with Gasteiger partial charge in [-0.15, -0.1) is 0 Å². The van der Waals surface area contributed by atoms with Crippen LogP contribution < -0.4 is 19.5 Å². The predicted molar refractivity (Wildman–Crippen MR) is 152 cm³/mol. The third-order valence-corrected chi connectivity index (χ3v) is 10.4. The predicted octanol–water partition coefficient (Wildman–Crippen LogP) is 3.75. The first-order valence-electron chi connectivity index (χ1n) is 14.7. The molecule has 5 aliphatic rings. The average Bonchev–Trinajstić information content (AvgIpc) is 3.58. The Kier molecular flexibility index (Phi) is 7.43. The van der Waals surface area contributed by atoms with E-state index in [0.717, 1.165) is 23.1 Å². The van der Waals surface area contributed by atoms with Crippen LogP contribution in [0.3, 0.4) is 0 Å². The summed E-state index contributed by atoms with van der Waals surface area (Å²) < 4.78 is 17.3. The van der Waals surface area contributed by atoms with Crippen molar-refractivity contribution in [1.82, 2.24) is 10.4 Å². The first-order valence-corrected chi connectivity index (χ1v) is 14.7. The highest BCUT2D eigenvalue weighted by Gasteiger charge is 2.57. The Morgan fingerprint density at radius 3 is 2.61 bits per heavy atom. The smallest absolute Gasteiger partial charge is 0.240 e. The summed E-state index contributed by atoms with van der Waals surface area (Å²) in [5, 5.41) is 25.9. The molecule has 9 heteroatoms. The number of carbonyl (C=O) groups is 1. The molecule has 222 valence electrons. The van der Waals surface area contributed by atoms with Crippen molar-refractivity contribution >= 4 is 5.91 Å². The van der Waals surface area contributed by atoms with Gasteiger partial charge in [-0.05, 0) is 49.0 Å². The van der Waals surface area contributed by atoms with Gasteiger partial charge in [0.1, 0.15) is 17.9 Å². The van der Waals surface area contributed by atoms with Crippen LogP contribution in [0.1, 0.15) is 46.1 Å². The number of carbonyl (C=O) groups excluding carboxylic acids is 1. The fraction of sp³-hybridized carbons (Fsp3) is 0.594. The van der Waals surface area contributed by atoms with Crippen molar-refractivity contribution in [3.05, 3.63) is 42.0 Å². The van der Waals surface area contributed by atoms with Crippen molar-refractivity contribution in [1.29, 1.82) is 0 Å². The molecule has 2 aromatic carbocycles. The Hall–Kier alpha value is -2.85. The number of methoxy groups -OCH3 is 1. The number of hydroxylamine groups is 2. The zero-order valence-electron chi connectivity index (χ0n) is 24.5. The summed E-state index contributed by atoms with van der Waals surface area (Å²) in [7, 11) is 1.62. The summed E-state index contributed by atoms with van der Waals surface area (Å²) in [6.45, 7) is 8.65. The maximum atomic E-state index is 14.0. The van der Waals surface area contributed by atoms with E-state index >= 15 is 0 Å². The van der Waals surface area contributed by atoms with Crippen LogP contribution in [0.25, 0.3) is 11.1 Å². The molecule has 2 aromatic rings. The monoisotopic (exact) mass is 566 g/mol. The maximum Gasteiger partial charge on any atom is 0.240 e. The molecule has 3 aliphatic carbocycles. The molecule has 4 fully saturated rings. The zero-order valence-corrected chi connectivity index (χ0v) is 24.5. The van der Waals surface area contributed by atoms with Crippen molar-refractivity contribution in [3.8, 4) is 28.4 Å². The number of aliphatic hydroxyl groups excluding tert-OH is 2. The van der Waals surface area contributed by atoms with E-state index in [-0.39, 0.29) is 31.9 Å². The second kappa shape index (κ2) is 10.8. The standard InChI is InChI=1S/C32H42N2O7/c1-17-23-12-20(32(23,3)4)13-24(17)33-31(37)28-27(18(2)36)26(15-35)41-34(28)14-19-8-6-9-21(29(19)38-5)22-10-7-11-25-30(22)40-16-39-25/h6-11,17-18,20,23-24,26-28,35-36H,12-16H2,1-5H3,(H,33,37)/t17-,18-,20+,23+,24-,26-,27+,28-/m0/s1. The molecule has 8 atom stereocenters. The molecule has 0 unspecified atom stereocenters. The third-order valence-electron chi connectivity index (χ3n) is 10.4. The van der Waals surface area contributed by atoms with E-state index in [1.165, 1.54) is 6.42 Å². The van der Waals surface area contributed by atoms with Crippen molar-refractivity contribution < 1.29 is 34.1 Å².